The van der Waals surface area contributed by atoms with Crippen molar-refractivity contribution in [2.75, 3.05) is 43.9 Å². The van der Waals surface area contributed by atoms with Crippen molar-refractivity contribution in [2.45, 2.75) is 76.6 Å². The van der Waals surface area contributed by atoms with E-state index >= 15 is 0 Å². The number of rotatable bonds is 9. The second kappa shape index (κ2) is 11.2. The molecule has 5 rings (SSSR count). The molecule has 2 aromatic rings. The normalized spacial score (nSPS) is 24.8. The Labute approximate surface area is 209 Å². The molecule has 2 aliphatic carbocycles. The molecule has 1 unspecified atom stereocenters. The Morgan fingerprint density at radius 1 is 1.00 bits per heavy atom. The van der Waals surface area contributed by atoms with Gasteiger partial charge in [-0.1, -0.05) is 18.9 Å². The molecule has 2 saturated carbocycles. The number of piperazine rings is 1. The molecule has 0 amide bonds. The average molecular weight is 480 g/mol. The molecule has 8 heteroatoms. The van der Waals surface area contributed by atoms with Gasteiger partial charge in [-0.25, -0.2) is 4.98 Å². The first kappa shape index (κ1) is 24.4. The largest absolute Gasteiger partial charge is 0.393 e. The van der Waals surface area contributed by atoms with E-state index in [2.05, 4.69) is 51.5 Å². The smallest absolute Gasteiger partial charge is 0.224 e. The first-order valence-corrected chi connectivity index (χ1v) is 13.5. The Bertz CT molecular complexity index is 949. The highest BCUT2D eigenvalue weighted by molar-refractivity contribution is 5.73. The lowest BCUT2D eigenvalue weighted by molar-refractivity contribution is 0.126. The van der Waals surface area contributed by atoms with Crippen LogP contribution in [0.2, 0.25) is 0 Å². The van der Waals surface area contributed by atoms with Gasteiger partial charge in [0.1, 0.15) is 5.82 Å². The predicted molar refractivity (Wildman–Crippen MR) is 140 cm³/mol. The van der Waals surface area contributed by atoms with E-state index in [1.165, 1.54) is 24.8 Å². The van der Waals surface area contributed by atoms with Crippen molar-refractivity contribution < 1.29 is 5.11 Å². The highest BCUT2D eigenvalue weighted by Gasteiger charge is 2.25. The van der Waals surface area contributed by atoms with Crippen LogP contribution in [0.5, 0.6) is 0 Å². The van der Waals surface area contributed by atoms with E-state index in [4.69, 9.17) is 9.97 Å². The zero-order valence-corrected chi connectivity index (χ0v) is 21.3. The third-order valence-corrected chi connectivity index (χ3v) is 7.69. The number of hydrogen-bond acceptors (Lipinski definition) is 8. The molecule has 0 aromatic carbocycles. The number of aliphatic hydroxyl groups excluding tert-OH is 1. The maximum Gasteiger partial charge on any atom is 0.224 e. The van der Waals surface area contributed by atoms with Gasteiger partial charge in [0.15, 0.2) is 0 Å². The fourth-order valence-corrected chi connectivity index (χ4v) is 5.24. The summed E-state index contributed by atoms with van der Waals surface area (Å²) in [7, 11) is 2.19. The maximum absolute atomic E-state index is 9.92. The first-order chi connectivity index (χ1) is 17.0. The van der Waals surface area contributed by atoms with Crippen LogP contribution in [0, 0.1) is 5.92 Å². The van der Waals surface area contributed by atoms with Gasteiger partial charge in [0.25, 0.3) is 0 Å². The Hall–Kier alpha value is -2.29. The number of hydrogen-bond donors (Lipinski definition) is 3. The van der Waals surface area contributed by atoms with Gasteiger partial charge in [-0.3, -0.25) is 9.88 Å². The van der Waals surface area contributed by atoms with Gasteiger partial charge < -0.3 is 20.6 Å². The van der Waals surface area contributed by atoms with Crippen molar-refractivity contribution in [3.63, 3.8) is 0 Å². The van der Waals surface area contributed by atoms with Crippen LogP contribution in [-0.2, 0) is 6.54 Å². The predicted octanol–water partition coefficient (Wildman–Crippen LogP) is 3.60. The van der Waals surface area contributed by atoms with Crippen molar-refractivity contribution in [2.24, 2.45) is 5.92 Å². The van der Waals surface area contributed by atoms with Gasteiger partial charge >= 0.3 is 0 Å². The van der Waals surface area contributed by atoms with Crippen LogP contribution in [-0.4, -0.2) is 81.3 Å². The highest BCUT2D eigenvalue weighted by Crippen LogP contribution is 2.34. The van der Waals surface area contributed by atoms with E-state index in [1.807, 2.05) is 12.4 Å². The van der Waals surface area contributed by atoms with Crippen molar-refractivity contribution in [1.82, 2.24) is 24.8 Å². The van der Waals surface area contributed by atoms with Crippen LogP contribution in [0.1, 0.15) is 57.4 Å². The van der Waals surface area contributed by atoms with E-state index in [0.717, 1.165) is 81.4 Å². The summed E-state index contributed by atoms with van der Waals surface area (Å²) >= 11 is 0. The molecular weight excluding hydrogens is 438 g/mol. The van der Waals surface area contributed by atoms with Gasteiger partial charge in [-0.15, -0.1) is 0 Å². The summed E-state index contributed by atoms with van der Waals surface area (Å²) in [5, 5.41) is 17.1. The molecule has 35 heavy (non-hydrogen) atoms. The Morgan fingerprint density at radius 2 is 1.77 bits per heavy atom. The molecule has 1 atom stereocenters. The molecule has 1 aliphatic heterocycles. The van der Waals surface area contributed by atoms with Gasteiger partial charge in [0.2, 0.25) is 5.95 Å². The Kier molecular flexibility index (Phi) is 7.80. The number of pyridine rings is 1. The van der Waals surface area contributed by atoms with E-state index in [-0.39, 0.29) is 6.10 Å². The topological polar surface area (TPSA) is 89.4 Å². The SMILES string of the molecule is CC(CC1CC1)Nc1ncc(-c2ccc(CN3CCN(C)CC3)cn2)c(NC2CCC(O)CC2)n1. The lowest BCUT2D eigenvalue weighted by Gasteiger charge is -2.32. The lowest BCUT2D eigenvalue weighted by atomic mass is 9.93. The highest BCUT2D eigenvalue weighted by atomic mass is 16.3. The summed E-state index contributed by atoms with van der Waals surface area (Å²) in [6, 6.07) is 4.95. The zero-order valence-electron chi connectivity index (χ0n) is 21.3. The summed E-state index contributed by atoms with van der Waals surface area (Å²) < 4.78 is 0. The van der Waals surface area contributed by atoms with Crippen LogP contribution in [0.15, 0.2) is 24.5 Å². The molecule has 3 fully saturated rings. The molecule has 3 heterocycles. The van der Waals surface area contributed by atoms with Crippen LogP contribution in [0.4, 0.5) is 11.8 Å². The maximum atomic E-state index is 9.92. The number of aromatic nitrogens is 3. The first-order valence-electron chi connectivity index (χ1n) is 13.5. The second-order valence-corrected chi connectivity index (χ2v) is 11.0. The van der Waals surface area contributed by atoms with Gasteiger partial charge in [-0.05, 0) is 63.6 Å². The lowest BCUT2D eigenvalue weighted by Crippen LogP contribution is -2.43. The average Bonchev–Trinajstić information content (AvgIpc) is 3.67. The number of nitrogens with zero attached hydrogens (tertiary/aromatic N) is 5. The molecule has 1 saturated heterocycles. The molecule has 3 aliphatic rings. The summed E-state index contributed by atoms with van der Waals surface area (Å²) in [6.07, 6.45) is 11.2. The summed E-state index contributed by atoms with van der Waals surface area (Å²) in [4.78, 5) is 19.2. The molecule has 0 radical (unpaired) electrons. The third-order valence-electron chi connectivity index (χ3n) is 7.69. The van der Waals surface area contributed by atoms with Crippen molar-refractivity contribution in [3.8, 4) is 11.3 Å². The molecule has 0 bridgehead atoms. The Balaban J connectivity index is 1.31. The van der Waals surface area contributed by atoms with Crippen LogP contribution in [0.3, 0.4) is 0 Å². The fraction of sp³-hybridized carbons (Fsp3) is 0.667. The minimum atomic E-state index is -0.173. The quantitative estimate of drug-likeness (QED) is 0.503. The van der Waals surface area contributed by atoms with E-state index in [0.29, 0.717) is 18.0 Å². The summed E-state index contributed by atoms with van der Waals surface area (Å²) in [5.74, 6) is 2.37. The fourth-order valence-electron chi connectivity index (χ4n) is 5.24. The third kappa shape index (κ3) is 6.90. The number of likely N-dealkylation sites (N-methyl/N-ethyl adjacent to an activating group) is 1. The van der Waals surface area contributed by atoms with Crippen molar-refractivity contribution >= 4 is 11.8 Å². The Morgan fingerprint density at radius 3 is 2.46 bits per heavy atom. The second-order valence-electron chi connectivity index (χ2n) is 11.0. The van der Waals surface area contributed by atoms with Crippen molar-refractivity contribution in [1.29, 1.82) is 0 Å². The minimum Gasteiger partial charge on any atom is -0.393 e. The monoisotopic (exact) mass is 479 g/mol. The summed E-state index contributed by atoms with van der Waals surface area (Å²) in [5.41, 5.74) is 3.06. The van der Waals surface area contributed by atoms with Gasteiger partial charge in [0, 0.05) is 57.2 Å². The van der Waals surface area contributed by atoms with E-state index in [9.17, 15) is 5.11 Å². The zero-order chi connectivity index (χ0) is 24.2. The van der Waals surface area contributed by atoms with Crippen LogP contribution < -0.4 is 10.6 Å². The molecule has 2 aromatic heterocycles. The summed E-state index contributed by atoms with van der Waals surface area (Å²) in [6.45, 7) is 7.60. The number of aliphatic hydroxyl groups is 1. The number of nitrogens with one attached hydrogen (secondary N) is 2. The molecule has 0 spiro atoms. The molecule has 190 valence electrons. The number of anilines is 2. The minimum absolute atomic E-state index is 0.173. The van der Waals surface area contributed by atoms with E-state index < -0.39 is 0 Å². The van der Waals surface area contributed by atoms with Crippen LogP contribution in [0.25, 0.3) is 11.3 Å². The van der Waals surface area contributed by atoms with Crippen molar-refractivity contribution in [3.05, 3.63) is 30.1 Å². The molecule has 8 nitrogen and oxygen atoms in total. The van der Waals surface area contributed by atoms with Gasteiger partial charge in [0.05, 0.1) is 17.4 Å². The standard InChI is InChI=1S/C27H41N7O/c1-19(15-20-3-4-20)30-27-29-17-24(26(32-27)31-22-6-8-23(35)9-7-22)25-10-5-21(16-28-25)18-34-13-11-33(2)12-14-34/h5,10,16-17,19-20,22-23,35H,3-4,6-9,11-15,18H2,1-2H3,(H2,29,30,31,32). The molecule has 3 N–H and O–H groups in total. The molecular formula is C27H41N7O. The van der Waals surface area contributed by atoms with E-state index in [1.54, 1.807) is 0 Å². The van der Waals surface area contributed by atoms with Gasteiger partial charge in [-0.2, -0.15) is 4.98 Å². The van der Waals surface area contributed by atoms with Crippen LogP contribution >= 0.6 is 0 Å².